The maximum Gasteiger partial charge on any atom is 0.341 e. The van der Waals surface area contributed by atoms with Crippen molar-refractivity contribution in [3.8, 4) is 5.75 Å². The number of carboxylic acids is 1. The lowest BCUT2D eigenvalue weighted by Gasteiger charge is -2.13. The highest BCUT2D eigenvalue weighted by Crippen LogP contribution is 2.35. The van der Waals surface area contributed by atoms with E-state index in [-0.39, 0.29) is 10.7 Å². The number of carboxylic acid groups (broad SMARTS) is 1. The van der Waals surface area contributed by atoms with Gasteiger partial charge in [0.2, 0.25) is 5.91 Å². The van der Waals surface area contributed by atoms with E-state index in [1.165, 1.54) is 6.08 Å². The quantitative estimate of drug-likeness (QED) is 0.473. The maximum atomic E-state index is 12.8. The van der Waals surface area contributed by atoms with Crippen molar-refractivity contribution in [2.75, 3.05) is 18.5 Å². The molecule has 1 fully saturated rings. The average Bonchev–Trinajstić information content (AvgIpc) is 3.00. The summed E-state index contributed by atoms with van der Waals surface area (Å²) >= 11 is 4.02. The molecule has 1 aliphatic heterocycles. The van der Waals surface area contributed by atoms with Crippen LogP contribution in [0.5, 0.6) is 5.75 Å². The molecule has 0 spiro atoms. The molecule has 1 saturated heterocycles. The Labute approximate surface area is 203 Å². The minimum atomic E-state index is -1.14. The standard InChI is InChI=1S/C23H21BrN2O6S/c1-13(2)14-3-6-17(7-4-14)25-20(27)11-26-22(30)19(33-23(26)31)10-15-9-16(24)5-8-18(15)32-12-21(28)29/h3-10,13H,11-12H2,1-2H3,(H,25,27)(H,28,29)/b19-10+. The van der Waals surface area contributed by atoms with Crippen LogP contribution in [0.25, 0.3) is 6.08 Å². The lowest BCUT2D eigenvalue weighted by Crippen LogP contribution is -2.36. The Morgan fingerprint density at radius 2 is 1.88 bits per heavy atom. The van der Waals surface area contributed by atoms with Crippen molar-refractivity contribution in [3.63, 3.8) is 0 Å². The van der Waals surface area contributed by atoms with E-state index in [9.17, 15) is 19.2 Å². The van der Waals surface area contributed by atoms with Gasteiger partial charge in [-0.15, -0.1) is 0 Å². The molecule has 0 aromatic heterocycles. The van der Waals surface area contributed by atoms with Gasteiger partial charge in [0.25, 0.3) is 11.1 Å². The number of benzene rings is 2. The smallest absolute Gasteiger partial charge is 0.341 e. The summed E-state index contributed by atoms with van der Waals surface area (Å²) in [5, 5.41) is 11.0. The molecular formula is C23H21BrN2O6S. The Morgan fingerprint density at radius 1 is 1.18 bits per heavy atom. The molecule has 0 saturated carbocycles. The number of halogens is 1. The zero-order valence-electron chi connectivity index (χ0n) is 17.8. The summed E-state index contributed by atoms with van der Waals surface area (Å²) in [5.41, 5.74) is 2.12. The first kappa shape index (κ1) is 24.5. The van der Waals surface area contributed by atoms with Crippen LogP contribution in [0.3, 0.4) is 0 Å². The Bertz CT molecular complexity index is 1130. The van der Waals surface area contributed by atoms with E-state index in [4.69, 9.17) is 9.84 Å². The predicted molar refractivity (Wildman–Crippen MR) is 129 cm³/mol. The van der Waals surface area contributed by atoms with Crippen LogP contribution in [0.15, 0.2) is 51.8 Å². The summed E-state index contributed by atoms with van der Waals surface area (Å²) in [6.45, 7) is 3.16. The molecule has 0 bridgehead atoms. The van der Waals surface area contributed by atoms with Crippen LogP contribution in [0.2, 0.25) is 0 Å². The molecule has 2 aromatic carbocycles. The Kier molecular flexibility index (Phi) is 7.93. The molecule has 1 aliphatic rings. The van der Waals surface area contributed by atoms with E-state index >= 15 is 0 Å². The highest BCUT2D eigenvalue weighted by atomic mass is 79.9. The van der Waals surface area contributed by atoms with Crippen molar-refractivity contribution in [2.24, 2.45) is 0 Å². The van der Waals surface area contributed by atoms with Crippen molar-refractivity contribution in [3.05, 3.63) is 63.0 Å². The number of anilines is 1. The summed E-state index contributed by atoms with van der Waals surface area (Å²) in [6.07, 6.45) is 1.44. The molecule has 2 N–H and O–H groups in total. The molecule has 3 rings (SSSR count). The van der Waals surface area contributed by atoms with Gasteiger partial charge in [0.05, 0.1) is 4.91 Å². The van der Waals surface area contributed by atoms with Gasteiger partial charge < -0.3 is 15.2 Å². The molecule has 0 aliphatic carbocycles. The van der Waals surface area contributed by atoms with Crippen molar-refractivity contribution >= 4 is 62.5 Å². The minimum absolute atomic E-state index is 0.104. The van der Waals surface area contributed by atoms with Crippen LogP contribution in [0.4, 0.5) is 10.5 Å². The number of hydrogen-bond acceptors (Lipinski definition) is 6. The number of amides is 3. The molecular weight excluding hydrogens is 512 g/mol. The lowest BCUT2D eigenvalue weighted by atomic mass is 10.0. The number of nitrogens with zero attached hydrogens (tertiary/aromatic N) is 1. The molecule has 33 heavy (non-hydrogen) atoms. The van der Waals surface area contributed by atoms with Crippen LogP contribution < -0.4 is 10.1 Å². The molecule has 172 valence electrons. The van der Waals surface area contributed by atoms with Gasteiger partial charge in [0, 0.05) is 15.7 Å². The van der Waals surface area contributed by atoms with E-state index in [2.05, 4.69) is 35.1 Å². The number of thioether (sulfide) groups is 1. The van der Waals surface area contributed by atoms with E-state index in [0.29, 0.717) is 33.4 Å². The summed E-state index contributed by atoms with van der Waals surface area (Å²) in [7, 11) is 0. The third-order valence-electron chi connectivity index (χ3n) is 4.65. The van der Waals surface area contributed by atoms with E-state index in [0.717, 1.165) is 10.5 Å². The van der Waals surface area contributed by atoms with Gasteiger partial charge >= 0.3 is 5.97 Å². The SMILES string of the molecule is CC(C)c1ccc(NC(=O)CN2C(=O)S/C(=C/c3cc(Br)ccc3OCC(=O)O)C2=O)cc1. The number of ether oxygens (including phenoxy) is 1. The number of imide groups is 1. The molecule has 8 nitrogen and oxygen atoms in total. The van der Waals surface area contributed by atoms with Crippen LogP contribution in [0.1, 0.15) is 30.9 Å². The molecule has 0 atom stereocenters. The Balaban J connectivity index is 1.71. The highest BCUT2D eigenvalue weighted by Gasteiger charge is 2.36. The van der Waals surface area contributed by atoms with Gasteiger partial charge in [0.15, 0.2) is 6.61 Å². The van der Waals surface area contributed by atoms with Gasteiger partial charge in [-0.05, 0) is 59.7 Å². The van der Waals surface area contributed by atoms with E-state index < -0.39 is 36.2 Å². The first-order chi connectivity index (χ1) is 15.6. The van der Waals surface area contributed by atoms with Crippen LogP contribution in [-0.4, -0.2) is 46.2 Å². The monoisotopic (exact) mass is 532 g/mol. The molecule has 0 radical (unpaired) electrons. The van der Waals surface area contributed by atoms with Crippen molar-refractivity contribution in [1.29, 1.82) is 0 Å². The fourth-order valence-corrected chi connectivity index (χ4v) is 4.18. The molecule has 1 heterocycles. The van der Waals surface area contributed by atoms with Crippen LogP contribution in [-0.2, 0) is 14.4 Å². The number of hydrogen-bond donors (Lipinski definition) is 2. The van der Waals surface area contributed by atoms with Crippen LogP contribution >= 0.6 is 27.7 Å². The van der Waals surface area contributed by atoms with Gasteiger partial charge in [-0.2, -0.15) is 0 Å². The van der Waals surface area contributed by atoms with Gasteiger partial charge in [-0.25, -0.2) is 4.79 Å². The zero-order chi connectivity index (χ0) is 24.1. The highest BCUT2D eigenvalue weighted by molar-refractivity contribution is 9.10. The Hall–Kier alpha value is -3.11. The van der Waals surface area contributed by atoms with E-state index in [1.54, 1.807) is 30.3 Å². The normalized spacial score (nSPS) is 14.8. The van der Waals surface area contributed by atoms with Gasteiger partial charge in [0.1, 0.15) is 12.3 Å². The van der Waals surface area contributed by atoms with Crippen LogP contribution in [0, 0.1) is 0 Å². The van der Waals surface area contributed by atoms with Crippen molar-refractivity contribution < 1.29 is 29.0 Å². The van der Waals surface area contributed by atoms with Crippen molar-refractivity contribution in [1.82, 2.24) is 4.90 Å². The number of nitrogens with one attached hydrogen (secondary N) is 1. The fraction of sp³-hybridized carbons (Fsp3) is 0.217. The number of rotatable bonds is 8. The third-order valence-corrected chi connectivity index (χ3v) is 6.05. The molecule has 10 heteroatoms. The molecule has 3 amide bonds. The maximum absolute atomic E-state index is 12.8. The average molecular weight is 533 g/mol. The topological polar surface area (TPSA) is 113 Å². The largest absolute Gasteiger partial charge is 0.481 e. The third kappa shape index (κ3) is 6.45. The second-order valence-electron chi connectivity index (χ2n) is 7.46. The van der Waals surface area contributed by atoms with Gasteiger partial charge in [-0.1, -0.05) is 41.9 Å². The lowest BCUT2D eigenvalue weighted by molar-refractivity contribution is -0.139. The number of carbonyl (C=O) groups excluding carboxylic acids is 3. The minimum Gasteiger partial charge on any atom is -0.481 e. The molecule has 2 aromatic rings. The fourth-order valence-electron chi connectivity index (χ4n) is 2.98. The van der Waals surface area contributed by atoms with E-state index in [1.807, 2.05) is 12.1 Å². The predicted octanol–water partition coefficient (Wildman–Crippen LogP) is 4.71. The zero-order valence-corrected chi connectivity index (χ0v) is 20.2. The first-order valence-corrected chi connectivity index (χ1v) is 11.5. The second kappa shape index (κ2) is 10.7. The second-order valence-corrected chi connectivity index (χ2v) is 9.37. The number of aliphatic carboxylic acids is 1. The summed E-state index contributed by atoms with van der Waals surface area (Å²) < 4.78 is 5.94. The summed E-state index contributed by atoms with van der Waals surface area (Å²) in [6, 6.07) is 12.2. The summed E-state index contributed by atoms with van der Waals surface area (Å²) in [5.74, 6) is -1.65. The Morgan fingerprint density at radius 3 is 2.52 bits per heavy atom. The number of carbonyl (C=O) groups is 4. The first-order valence-electron chi connectivity index (χ1n) is 9.93. The summed E-state index contributed by atoms with van der Waals surface area (Å²) in [4.78, 5) is 49.4. The van der Waals surface area contributed by atoms with Gasteiger partial charge in [-0.3, -0.25) is 19.3 Å². The van der Waals surface area contributed by atoms with Crippen molar-refractivity contribution in [2.45, 2.75) is 19.8 Å². The molecule has 0 unspecified atom stereocenters.